The standard InChI is InChI=1S/C15H31N3O2/c1-12(2)18(11-14-7-5-6-8-16-14)13(3)15(19)17-9-10-20-4/h12-14,16H,5-11H2,1-4H3,(H,17,19). The maximum Gasteiger partial charge on any atom is 0.237 e. The maximum atomic E-state index is 12.2. The highest BCUT2D eigenvalue weighted by Gasteiger charge is 2.26. The maximum absolute atomic E-state index is 12.2. The van der Waals surface area contributed by atoms with Crippen LogP contribution in [0.1, 0.15) is 40.0 Å². The molecule has 1 fully saturated rings. The number of hydrogen-bond acceptors (Lipinski definition) is 4. The molecular weight excluding hydrogens is 254 g/mol. The second-order valence-electron chi connectivity index (χ2n) is 5.90. The molecule has 0 bridgehead atoms. The highest BCUT2D eigenvalue weighted by atomic mass is 16.5. The predicted octanol–water partition coefficient (Wildman–Crippen LogP) is 0.990. The zero-order valence-corrected chi connectivity index (χ0v) is 13.4. The van der Waals surface area contributed by atoms with Crippen LogP contribution in [0.2, 0.25) is 0 Å². The number of nitrogens with one attached hydrogen (secondary N) is 2. The third-order valence-corrected chi connectivity index (χ3v) is 3.99. The second-order valence-corrected chi connectivity index (χ2v) is 5.90. The summed E-state index contributed by atoms with van der Waals surface area (Å²) in [7, 11) is 1.64. The Hall–Kier alpha value is -0.650. The minimum Gasteiger partial charge on any atom is -0.383 e. The third kappa shape index (κ3) is 5.77. The highest BCUT2D eigenvalue weighted by molar-refractivity contribution is 5.81. The highest BCUT2D eigenvalue weighted by Crippen LogP contribution is 2.13. The Bertz CT molecular complexity index is 278. The Morgan fingerprint density at radius 2 is 2.15 bits per heavy atom. The van der Waals surface area contributed by atoms with Gasteiger partial charge < -0.3 is 15.4 Å². The quantitative estimate of drug-likeness (QED) is 0.653. The van der Waals surface area contributed by atoms with Gasteiger partial charge in [-0.1, -0.05) is 6.42 Å². The van der Waals surface area contributed by atoms with E-state index < -0.39 is 0 Å². The van der Waals surface area contributed by atoms with Gasteiger partial charge in [-0.3, -0.25) is 9.69 Å². The Morgan fingerprint density at radius 1 is 1.40 bits per heavy atom. The first kappa shape index (κ1) is 17.4. The van der Waals surface area contributed by atoms with Crippen LogP contribution < -0.4 is 10.6 Å². The van der Waals surface area contributed by atoms with E-state index in [1.54, 1.807) is 7.11 Å². The summed E-state index contributed by atoms with van der Waals surface area (Å²) in [6, 6.07) is 0.776. The van der Waals surface area contributed by atoms with Crippen LogP contribution in [0.4, 0.5) is 0 Å². The molecule has 20 heavy (non-hydrogen) atoms. The van der Waals surface area contributed by atoms with Crippen LogP contribution in [0.3, 0.4) is 0 Å². The molecule has 2 unspecified atom stereocenters. The summed E-state index contributed by atoms with van der Waals surface area (Å²) in [5.41, 5.74) is 0. The minimum atomic E-state index is -0.101. The van der Waals surface area contributed by atoms with Crippen molar-refractivity contribution in [3.63, 3.8) is 0 Å². The van der Waals surface area contributed by atoms with Crippen LogP contribution in [-0.4, -0.2) is 62.3 Å². The summed E-state index contributed by atoms with van der Waals surface area (Å²) in [6.07, 6.45) is 3.77. The van der Waals surface area contributed by atoms with E-state index in [1.807, 2.05) is 6.92 Å². The molecule has 1 rings (SSSR count). The monoisotopic (exact) mass is 285 g/mol. The first-order valence-corrected chi connectivity index (χ1v) is 7.82. The number of piperidine rings is 1. The summed E-state index contributed by atoms with van der Waals surface area (Å²) < 4.78 is 4.96. The number of methoxy groups -OCH3 is 1. The molecule has 0 aromatic rings. The Kier molecular flexibility index (Phi) is 8.11. The predicted molar refractivity (Wildman–Crippen MR) is 81.8 cm³/mol. The molecule has 5 heteroatoms. The molecule has 0 radical (unpaired) electrons. The van der Waals surface area contributed by atoms with Gasteiger partial charge in [0.05, 0.1) is 12.6 Å². The van der Waals surface area contributed by atoms with Gasteiger partial charge in [-0.15, -0.1) is 0 Å². The van der Waals surface area contributed by atoms with E-state index in [9.17, 15) is 4.79 Å². The SMILES string of the molecule is COCCNC(=O)C(C)N(CC1CCCCN1)C(C)C. The summed E-state index contributed by atoms with van der Waals surface area (Å²) in [5, 5.41) is 6.49. The summed E-state index contributed by atoms with van der Waals surface area (Å²) in [5.74, 6) is 0.0894. The van der Waals surface area contributed by atoms with E-state index in [-0.39, 0.29) is 11.9 Å². The molecule has 2 atom stereocenters. The lowest BCUT2D eigenvalue weighted by molar-refractivity contribution is -0.127. The minimum absolute atomic E-state index is 0.0894. The number of rotatable bonds is 8. The van der Waals surface area contributed by atoms with Crippen LogP contribution in [0, 0.1) is 0 Å². The molecule has 0 aliphatic carbocycles. The third-order valence-electron chi connectivity index (χ3n) is 3.99. The molecule has 2 N–H and O–H groups in total. The summed E-state index contributed by atoms with van der Waals surface area (Å²) in [4.78, 5) is 14.5. The lowest BCUT2D eigenvalue weighted by Gasteiger charge is -2.36. The number of hydrogen-bond donors (Lipinski definition) is 2. The van der Waals surface area contributed by atoms with Gasteiger partial charge in [-0.25, -0.2) is 0 Å². The lowest BCUT2D eigenvalue weighted by Crippen LogP contribution is -2.53. The smallest absolute Gasteiger partial charge is 0.237 e. The van der Waals surface area contributed by atoms with Crippen LogP contribution in [0.15, 0.2) is 0 Å². The fraction of sp³-hybridized carbons (Fsp3) is 0.933. The molecule has 0 saturated carbocycles. The molecule has 118 valence electrons. The fourth-order valence-electron chi connectivity index (χ4n) is 2.73. The first-order valence-electron chi connectivity index (χ1n) is 7.82. The van der Waals surface area contributed by atoms with Gasteiger partial charge >= 0.3 is 0 Å². The van der Waals surface area contributed by atoms with Gasteiger partial charge in [-0.05, 0) is 40.2 Å². The van der Waals surface area contributed by atoms with Crippen LogP contribution in [0.5, 0.6) is 0 Å². The molecule has 1 saturated heterocycles. The Morgan fingerprint density at radius 3 is 2.70 bits per heavy atom. The zero-order valence-electron chi connectivity index (χ0n) is 13.4. The van der Waals surface area contributed by atoms with Crippen molar-refractivity contribution in [2.45, 2.75) is 58.2 Å². The summed E-state index contributed by atoms with van der Waals surface area (Å²) >= 11 is 0. The number of nitrogens with zero attached hydrogens (tertiary/aromatic N) is 1. The van der Waals surface area contributed by atoms with Gasteiger partial charge in [0.1, 0.15) is 0 Å². The average molecular weight is 285 g/mol. The molecule has 1 aliphatic rings. The fourth-order valence-corrected chi connectivity index (χ4v) is 2.73. The Labute approximate surface area is 123 Å². The van der Waals surface area contributed by atoms with Crippen molar-refractivity contribution in [1.82, 2.24) is 15.5 Å². The number of amides is 1. The van der Waals surface area contributed by atoms with Crippen molar-refractivity contribution in [3.05, 3.63) is 0 Å². The molecule has 5 nitrogen and oxygen atoms in total. The molecular formula is C15H31N3O2. The van der Waals surface area contributed by atoms with Crippen molar-refractivity contribution in [3.8, 4) is 0 Å². The van der Waals surface area contributed by atoms with E-state index >= 15 is 0 Å². The van der Waals surface area contributed by atoms with Crippen molar-refractivity contribution < 1.29 is 9.53 Å². The topological polar surface area (TPSA) is 53.6 Å². The lowest BCUT2D eigenvalue weighted by atomic mass is 10.0. The zero-order chi connectivity index (χ0) is 15.0. The second kappa shape index (κ2) is 9.32. The van der Waals surface area contributed by atoms with Crippen molar-refractivity contribution in [1.29, 1.82) is 0 Å². The molecule has 0 aromatic heterocycles. The van der Waals surface area contributed by atoms with E-state index in [1.165, 1.54) is 19.3 Å². The molecule has 0 spiro atoms. The molecule has 1 heterocycles. The normalized spacial score (nSPS) is 21.2. The molecule has 0 aromatic carbocycles. The number of ether oxygens (including phenoxy) is 1. The Balaban J connectivity index is 2.48. The van der Waals surface area contributed by atoms with Gasteiger partial charge in [0.15, 0.2) is 0 Å². The number of carbonyl (C=O) groups excluding carboxylic acids is 1. The largest absolute Gasteiger partial charge is 0.383 e. The van der Waals surface area contributed by atoms with E-state index in [2.05, 4.69) is 29.4 Å². The van der Waals surface area contributed by atoms with E-state index in [4.69, 9.17) is 4.74 Å². The van der Waals surface area contributed by atoms with Gasteiger partial charge in [0.25, 0.3) is 0 Å². The van der Waals surface area contributed by atoms with Crippen LogP contribution >= 0.6 is 0 Å². The van der Waals surface area contributed by atoms with Crippen LogP contribution in [-0.2, 0) is 9.53 Å². The van der Waals surface area contributed by atoms with Gasteiger partial charge in [0, 0.05) is 32.3 Å². The average Bonchev–Trinajstić information content (AvgIpc) is 2.45. The summed E-state index contributed by atoms with van der Waals surface area (Å²) in [6.45, 7) is 9.48. The van der Waals surface area contributed by atoms with Crippen molar-refractivity contribution in [2.75, 3.05) is 33.4 Å². The van der Waals surface area contributed by atoms with Gasteiger partial charge in [0.2, 0.25) is 5.91 Å². The van der Waals surface area contributed by atoms with E-state index in [0.29, 0.717) is 25.2 Å². The molecule has 1 aliphatic heterocycles. The van der Waals surface area contributed by atoms with Gasteiger partial charge in [-0.2, -0.15) is 0 Å². The number of carbonyl (C=O) groups is 1. The molecule has 1 amide bonds. The van der Waals surface area contributed by atoms with Crippen molar-refractivity contribution >= 4 is 5.91 Å². The van der Waals surface area contributed by atoms with Crippen LogP contribution in [0.25, 0.3) is 0 Å². The van der Waals surface area contributed by atoms with Crippen molar-refractivity contribution in [2.24, 2.45) is 0 Å². The first-order chi connectivity index (χ1) is 9.56. The van der Waals surface area contributed by atoms with E-state index in [0.717, 1.165) is 13.1 Å².